The number of nitrogens with zero attached hydrogens (tertiary/aromatic N) is 1. The number of methoxy groups -OCH3 is 4. The third-order valence-corrected chi connectivity index (χ3v) is 4.20. The minimum atomic E-state index is -0.745. The van der Waals surface area contributed by atoms with E-state index in [1.54, 1.807) is 26.1 Å². The first kappa shape index (κ1) is 18.4. The van der Waals surface area contributed by atoms with Crippen LogP contribution in [0, 0.1) is 0 Å². The van der Waals surface area contributed by atoms with Crippen molar-refractivity contribution in [2.24, 2.45) is 0 Å². The van der Waals surface area contributed by atoms with E-state index in [2.05, 4.69) is 5.32 Å². The summed E-state index contributed by atoms with van der Waals surface area (Å²) in [7, 11) is 7.35. The van der Waals surface area contributed by atoms with Gasteiger partial charge < -0.3 is 29.2 Å². The van der Waals surface area contributed by atoms with Crippen LogP contribution in [-0.2, 0) is 9.53 Å². The van der Waals surface area contributed by atoms with Crippen LogP contribution in [0.3, 0.4) is 0 Å². The summed E-state index contributed by atoms with van der Waals surface area (Å²) in [5.74, 6) is 0.678. The average Bonchev–Trinajstić information content (AvgIpc) is 2.63. The maximum absolute atomic E-state index is 12.3. The fourth-order valence-electron chi connectivity index (χ4n) is 2.79. The van der Waals surface area contributed by atoms with E-state index in [-0.39, 0.29) is 6.03 Å². The van der Waals surface area contributed by atoms with Gasteiger partial charge >= 0.3 is 12.0 Å². The molecule has 1 aliphatic rings. The van der Waals surface area contributed by atoms with E-state index in [0.29, 0.717) is 34.1 Å². The monoisotopic (exact) mass is 350 g/mol. The number of amides is 2. The van der Waals surface area contributed by atoms with Gasteiger partial charge in [0.05, 0.1) is 40.1 Å². The average molecular weight is 350 g/mol. The molecule has 2 amide bonds. The standard InChI is InChI=1S/C17H22N2O6/c1-9-12(16(20)25-6)13(18-17(21)19(9)2)10-7-8-11(22-3)15(24-5)14(10)23-4/h7-8,13H,1-6H3,(H,18,21)/t13-/m1/s1. The second kappa shape index (κ2) is 7.33. The molecular weight excluding hydrogens is 328 g/mol. The van der Waals surface area contributed by atoms with Crippen molar-refractivity contribution in [3.63, 3.8) is 0 Å². The van der Waals surface area contributed by atoms with Crippen LogP contribution in [0.25, 0.3) is 0 Å². The van der Waals surface area contributed by atoms with Gasteiger partial charge in [0.1, 0.15) is 0 Å². The molecule has 1 N–H and O–H groups in total. The van der Waals surface area contributed by atoms with Crippen molar-refractivity contribution in [2.45, 2.75) is 13.0 Å². The molecule has 1 aromatic rings. The minimum absolute atomic E-state index is 0.315. The van der Waals surface area contributed by atoms with E-state index < -0.39 is 12.0 Å². The summed E-state index contributed by atoms with van der Waals surface area (Å²) >= 11 is 0. The highest BCUT2D eigenvalue weighted by Gasteiger charge is 2.37. The number of benzene rings is 1. The maximum Gasteiger partial charge on any atom is 0.337 e. The molecular formula is C17H22N2O6. The number of allylic oxidation sites excluding steroid dienone is 1. The molecule has 0 unspecified atom stereocenters. The molecule has 1 heterocycles. The molecule has 0 aliphatic carbocycles. The predicted molar refractivity (Wildman–Crippen MR) is 89.8 cm³/mol. The Morgan fingerprint density at radius 2 is 1.72 bits per heavy atom. The van der Waals surface area contributed by atoms with E-state index >= 15 is 0 Å². The van der Waals surface area contributed by atoms with Crippen molar-refractivity contribution >= 4 is 12.0 Å². The first-order chi connectivity index (χ1) is 11.9. The van der Waals surface area contributed by atoms with Crippen molar-refractivity contribution in [1.29, 1.82) is 0 Å². The van der Waals surface area contributed by atoms with Crippen LogP contribution in [0.2, 0.25) is 0 Å². The second-order valence-corrected chi connectivity index (χ2v) is 5.36. The summed E-state index contributed by atoms with van der Waals surface area (Å²) in [6, 6.07) is 2.32. The highest BCUT2D eigenvalue weighted by molar-refractivity contribution is 5.95. The number of esters is 1. The Balaban J connectivity index is 2.70. The van der Waals surface area contributed by atoms with E-state index in [9.17, 15) is 9.59 Å². The van der Waals surface area contributed by atoms with Gasteiger partial charge in [-0.1, -0.05) is 0 Å². The lowest BCUT2D eigenvalue weighted by Crippen LogP contribution is -2.46. The molecule has 0 saturated carbocycles. The van der Waals surface area contributed by atoms with Crippen LogP contribution >= 0.6 is 0 Å². The minimum Gasteiger partial charge on any atom is -0.493 e. The molecule has 0 fully saturated rings. The molecule has 0 radical (unpaired) electrons. The summed E-state index contributed by atoms with van der Waals surface area (Å²) < 4.78 is 21.0. The van der Waals surface area contributed by atoms with Gasteiger partial charge in [-0.3, -0.25) is 0 Å². The summed E-state index contributed by atoms with van der Waals surface area (Å²) in [6.45, 7) is 1.69. The Hall–Kier alpha value is -2.90. The van der Waals surface area contributed by atoms with Gasteiger partial charge in [-0.05, 0) is 19.1 Å². The molecule has 0 bridgehead atoms. The Bertz CT molecular complexity index is 728. The summed E-state index contributed by atoms with van der Waals surface area (Å²) in [5, 5.41) is 2.79. The van der Waals surface area contributed by atoms with Crippen LogP contribution in [0.1, 0.15) is 18.5 Å². The number of ether oxygens (including phenoxy) is 4. The molecule has 8 heteroatoms. The molecule has 136 valence electrons. The van der Waals surface area contributed by atoms with Crippen LogP contribution in [0.4, 0.5) is 4.79 Å². The molecule has 0 aromatic heterocycles. The van der Waals surface area contributed by atoms with Crippen LogP contribution in [-0.4, -0.2) is 52.4 Å². The van der Waals surface area contributed by atoms with Crippen LogP contribution in [0.15, 0.2) is 23.4 Å². The summed E-state index contributed by atoms with van der Waals surface area (Å²) in [6.07, 6.45) is 0. The highest BCUT2D eigenvalue weighted by Crippen LogP contribution is 2.44. The number of urea groups is 1. The lowest BCUT2D eigenvalue weighted by atomic mass is 9.93. The smallest absolute Gasteiger partial charge is 0.337 e. The maximum atomic E-state index is 12.3. The highest BCUT2D eigenvalue weighted by atomic mass is 16.5. The van der Waals surface area contributed by atoms with Crippen molar-refractivity contribution < 1.29 is 28.5 Å². The second-order valence-electron chi connectivity index (χ2n) is 5.36. The van der Waals surface area contributed by atoms with Gasteiger partial charge in [-0.15, -0.1) is 0 Å². The Kier molecular flexibility index (Phi) is 5.41. The zero-order valence-corrected chi connectivity index (χ0v) is 15.1. The van der Waals surface area contributed by atoms with Gasteiger partial charge in [0.25, 0.3) is 0 Å². The van der Waals surface area contributed by atoms with Crippen LogP contribution in [0.5, 0.6) is 17.2 Å². The topological polar surface area (TPSA) is 86.3 Å². The number of carbonyl (C=O) groups is 2. The van der Waals surface area contributed by atoms with Gasteiger partial charge in [0, 0.05) is 18.3 Å². The van der Waals surface area contributed by atoms with E-state index in [1.165, 1.54) is 33.3 Å². The Morgan fingerprint density at radius 3 is 2.24 bits per heavy atom. The molecule has 0 spiro atoms. The predicted octanol–water partition coefficient (Wildman–Crippen LogP) is 1.86. The third kappa shape index (κ3) is 3.07. The molecule has 1 aromatic carbocycles. The zero-order valence-electron chi connectivity index (χ0n) is 15.1. The van der Waals surface area contributed by atoms with E-state index in [0.717, 1.165) is 0 Å². The SMILES string of the molecule is COC(=O)C1=C(C)N(C)C(=O)N[C@@H]1c1ccc(OC)c(OC)c1OC. The fraction of sp³-hybridized carbons (Fsp3) is 0.412. The van der Waals surface area contributed by atoms with Gasteiger partial charge in [-0.2, -0.15) is 0 Å². The molecule has 1 atom stereocenters. The van der Waals surface area contributed by atoms with Crippen molar-refractivity contribution in [3.8, 4) is 17.2 Å². The normalized spacial score (nSPS) is 17.1. The number of carbonyl (C=O) groups excluding carboxylic acids is 2. The number of hydrogen-bond acceptors (Lipinski definition) is 6. The molecule has 0 saturated heterocycles. The fourth-order valence-corrected chi connectivity index (χ4v) is 2.79. The van der Waals surface area contributed by atoms with Crippen molar-refractivity contribution in [2.75, 3.05) is 35.5 Å². The summed E-state index contributed by atoms with van der Waals surface area (Å²) in [5.41, 5.74) is 1.37. The van der Waals surface area contributed by atoms with Gasteiger partial charge in [0.15, 0.2) is 11.5 Å². The Labute approximate surface area is 146 Å². The van der Waals surface area contributed by atoms with Gasteiger partial charge in [0.2, 0.25) is 5.75 Å². The molecule has 1 aliphatic heterocycles. The molecule has 2 rings (SSSR count). The van der Waals surface area contributed by atoms with E-state index in [4.69, 9.17) is 18.9 Å². The first-order valence-electron chi connectivity index (χ1n) is 7.53. The van der Waals surface area contributed by atoms with E-state index in [1.807, 2.05) is 0 Å². The first-order valence-corrected chi connectivity index (χ1v) is 7.53. The van der Waals surface area contributed by atoms with Crippen molar-refractivity contribution in [3.05, 3.63) is 29.0 Å². The lowest BCUT2D eigenvalue weighted by Gasteiger charge is -2.33. The Morgan fingerprint density at radius 1 is 1.08 bits per heavy atom. The van der Waals surface area contributed by atoms with Gasteiger partial charge in [-0.25, -0.2) is 9.59 Å². The number of rotatable bonds is 5. The molecule has 8 nitrogen and oxygen atoms in total. The molecule has 25 heavy (non-hydrogen) atoms. The zero-order chi connectivity index (χ0) is 18.7. The number of nitrogens with one attached hydrogen (secondary N) is 1. The number of hydrogen-bond donors (Lipinski definition) is 1. The lowest BCUT2D eigenvalue weighted by molar-refractivity contribution is -0.136. The largest absolute Gasteiger partial charge is 0.493 e. The third-order valence-electron chi connectivity index (χ3n) is 4.20. The van der Waals surface area contributed by atoms with Crippen LogP contribution < -0.4 is 19.5 Å². The summed E-state index contributed by atoms with van der Waals surface area (Å²) in [4.78, 5) is 25.9. The van der Waals surface area contributed by atoms with Crippen molar-refractivity contribution in [1.82, 2.24) is 10.2 Å². The quantitative estimate of drug-likeness (QED) is 0.816.